The Morgan fingerprint density at radius 2 is 1.45 bits per heavy atom. The van der Waals surface area contributed by atoms with Crippen molar-refractivity contribution in [2.45, 2.75) is 31.9 Å². The Balaban J connectivity index is 1.53. The molecule has 3 rings (SSSR count). The van der Waals surface area contributed by atoms with E-state index in [-0.39, 0.29) is 17.2 Å². The summed E-state index contributed by atoms with van der Waals surface area (Å²) >= 11 is 1.57. The highest BCUT2D eigenvalue weighted by Gasteiger charge is 2.14. The fourth-order valence-electron chi connectivity index (χ4n) is 3.03. The highest BCUT2D eigenvalue weighted by atomic mass is 32.2. The minimum Gasteiger partial charge on any atom is -0.325 e. The number of carbonyl (C=O) groups excluding carboxylic acids is 2. The number of thioether (sulfide) groups is 1. The van der Waals surface area contributed by atoms with Crippen molar-refractivity contribution in [3.8, 4) is 0 Å². The molecule has 0 unspecified atom stereocenters. The molecule has 0 aliphatic heterocycles. The van der Waals surface area contributed by atoms with Crippen LogP contribution in [0, 0.1) is 0 Å². The monoisotopic (exact) mass is 432 g/mol. The van der Waals surface area contributed by atoms with Gasteiger partial charge in [0.25, 0.3) is 5.91 Å². The zero-order valence-corrected chi connectivity index (χ0v) is 19.0. The normalized spacial score (nSPS) is 11.1. The van der Waals surface area contributed by atoms with E-state index in [0.29, 0.717) is 22.7 Å². The van der Waals surface area contributed by atoms with Crippen molar-refractivity contribution in [2.24, 2.45) is 0 Å². The second-order valence-corrected chi connectivity index (χ2v) is 9.37. The van der Waals surface area contributed by atoms with Crippen LogP contribution in [0.2, 0.25) is 0 Å². The van der Waals surface area contributed by atoms with E-state index in [2.05, 4.69) is 31.4 Å². The van der Waals surface area contributed by atoms with Crippen LogP contribution >= 0.6 is 11.8 Å². The first kappa shape index (κ1) is 22.6. The summed E-state index contributed by atoms with van der Waals surface area (Å²) < 4.78 is 0. The van der Waals surface area contributed by atoms with Crippen molar-refractivity contribution < 1.29 is 9.59 Å². The van der Waals surface area contributed by atoms with Gasteiger partial charge in [-0.2, -0.15) is 0 Å². The number of benzene rings is 3. The quantitative estimate of drug-likeness (QED) is 0.474. The molecule has 0 aromatic heterocycles. The Morgan fingerprint density at radius 3 is 2.10 bits per heavy atom. The largest absolute Gasteiger partial charge is 0.325 e. The molecule has 0 fully saturated rings. The maximum absolute atomic E-state index is 12.6. The van der Waals surface area contributed by atoms with Crippen molar-refractivity contribution in [2.75, 3.05) is 16.4 Å². The molecular formula is C26H28N2O2S. The molecular weight excluding hydrogens is 404 g/mol. The molecule has 2 amide bonds. The second kappa shape index (κ2) is 10.3. The van der Waals surface area contributed by atoms with Gasteiger partial charge in [0.15, 0.2) is 0 Å². The van der Waals surface area contributed by atoms with Crippen molar-refractivity contribution >= 4 is 35.0 Å². The first-order valence-electron chi connectivity index (χ1n) is 10.2. The zero-order chi connectivity index (χ0) is 22.3. The molecule has 0 atom stereocenters. The summed E-state index contributed by atoms with van der Waals surface area (Å²) in [7, 11) is 0. The van der Waals surface area contributed by atoms with Crippen molar-refractivity contribution in [1.29, 1.82) is 0 Å². The summed E-state index contributed by atoms with van der Waals surface area (Å²) in [5, 5.41) is 5.79. The molecule has 31 heavy (non-hydrogen) atoms. The summed E-state index contributed by atoms with van der Waals surface area (Å²) in [4.78, 5) is 24.8. The highest BCUT2D eigenvalue weighted by Crippen LogP contribution is 2.23. The lowest BCUT2D eigenvalue weighted by atomic mass is 9.87. The fraction of sp³-hybridized carbons (Fsp3) is 0.231. The number of nitrogens with one attached hydrogen (secondary N) is 2. The molecule has 0 bridgehead atoms. The molecule has 0 saturated heterocycles. The van der Waals surface area contributed by atoms with Crippen LogP contribution in [-0.2, 0) is 16.0 Å². The molecule has 0 heterocycles. The topological polar surface area (TPSA) is 58.2 Å². The van der Waals surface area contributed by atoms with Crippen molar-refractivity contribution in [3.05, 3.63) is 95.6 Å². The lowest BCUT2D eigenvalue weighted by Crippen LogP contribution is -2.16. The van der Waals surface area contributed by atoms with E-state index in [4.69, 9.17) is 0 Å². The van der Waals surface area contributed by atoms with Crippen LogP contribution in [0.5, 0.6) is 0 Å². The fourth-order valence-corrected chi connectivity index (χ4v) is 3.82. The smallest absolute Gasteiger partial charge is 0.255 e. The first-order chi connectivity index (χ1) is 14.8. The molecule has 2 N–H and O–H groups in total. The van der Waals surface area contributed by atoms with Gasteiger partial charge in [0.1, 0.15) is 0 Å². The van der Waals surface area contributed by atoms with E-state index >= 15 is 0 Å². The molecule has 0 saturated carbocycles. The second-order valence-electron chi connectivity index (χ2n) is 8.39. The third-order valence-corrected chi connectivity index (χ3v) is 5.77. The van der Waals surface area contributed by atoms with Crippen LogP contribution in [0.25, 0.3) is 0 Å². The van der Waals surface area contributed by atoms with E-state index in [1.807, 2.05) is 66.7 Å². The minimum absolute atomic E-state index is 0.0426. The molecule has 0 aliphatic carbocycles. The number of amides is 2. The molecule has 0 radical (unpaired) electrons. The Bertz CT molecular complexity index is 1030. The van der Waals surface area contributed by atoms with Gasteiger partial charge < -0.3 is 10.6 Å². The average Bonchev–Trinajstić information content (AvgIpc) is 2.74. The Hall–Kier alpha value is -3.05. The molecule has 0 aliphatic rings. The number of hydrogen-bond donors (Lipinski definition) is 2. The summed E-state index contributed by atoms with van der Waals surface area (Å²) in [6.45, 7) is 6.42. The van der Waals surface area contributed by atoms with Crippen LogP contribution < -0.4 is 10.6 Å². The SMILES string of the molecule is CC(C)(C)c1ccc(C(=O)Nc2cccc(NC(=O)CSCc3ccccc3)c2)cc1. The summed E-state index contributed by atoms with van der Waals surface area (Å²) in [5.74, 6) is 0.911. The average molecular weight is 433 g/mol. The van der Waals surface area contributed by atoms with Gasteiger partial charge in [-0.15, -0.1) is 11.8 Å². The van der Waals surface area contributed by atoms with Gasteiger partial charge in [0.2, 0.25) is 5.91 Å². The first-order valence-corrected chi connectivity index (χ1v) is 11.4. The van der Waals surface area contributed by atoms with E-state index in [0.717, 1.165) is 5.75 Å². The lowest BCUT2D eigenvalue weighted by Gasteiger charge is -2.19. The van der Waals surface area contributed by atoms with Crippen LogP contribution in [0.1, 0.15) is 42.3 Å². The van der Waals surface area contributed by atoms with Crippen LogP contribution in [0.4, 0.5) is 11.4 Å². The molecule has 5 heteroatoms. The Labute approximate surface area is 188 Å². The van der Waals surface area contributed by atoms with Gasteiger partial charge in [-0.05, 0) is 46.9 Å². The van der Waals surface area contributed by atoms with E-state index in [1.165, 1.54) is 11.1 Å². The maximum atomic E-state index is 12.6. The standard InChI is InChI=1S/C26H28N2O2S/c1-26(2,3)21-14-12-20(13-15-21)25(30)28-23-11-7-10-22(16-23)27-24(29)18-31-17-19-8-5-4-6-9-19/h4-16H,17-18H2,1-3H3,(H,27,29)(H,28,30). The van der Waals surface area contributed by atoms with Gasteiger partial charge in [-0.1, -0.05) is 69.3 Å². The van der Waals surface area contributed by atoms with E-state index in [9.17, 15) is 9.59 Å². The number of anilines is 2. The van der Waals surface area contributed by atoms with Crippen LogP contribution in [0.15, 0.2) is 78.9 Å². The Kier molecular flexibility index (Phi) is 7.53. The van der Waals surface area contributed by atoms with Crippen molar-refractivity contribution in [3.63, 3.8) is 0 Å². The molecule has 0 spiro atoms. The summed E-state index contributed by atoms with van der Waals surface area (Å²) in [5.41, 5.74) is 4.31. The molecule has 4 nitrogen and oxygen atoms in total. The van der Waals surface area contributed by atoms with E-state index < -0.39 is 0 Å². The number of hydrogen-bond acceptors (Lipinski definition) is 3. The van der Waals surface area contributed by atoms with Crippen LogP contribution in [0.3, 0.4) is 0 Å². The third-order valence-electron chi connectivity index (χ3n) is 4.76. The van der Waals surface area contributed by atoms with Gasteiger partial charge >= 0.3 is 0 Å². The van der Waals surface area contributed by atoms with Crippen LogP contribution in [-0.4, -0.2) is 17.6 Å². The third kappa shape index (κ3) is 7.00. The van der Waals surface area contributed by atoms with E-state index in [1.54, 1.807) is 23.9 Å². The Morgan fingerprint density at radius 1 is 0.806 bits per heavy atom. The zero-order valence-electron chi connectivity index (χ0n) is 18.1. The highest BCUT2D eigenvalue weighted by molar-refractivity contribution is 7.99. The van der Waals surface area contributed by atoms with Gasteiger partial charge in [0, 0.05) is 22.7 Å². The molecule has 160 valence electrons. The lowest BCUT2D eigenvalue weighted by molar-refractivity contribution is -0.113. The predicted molar refractivity (Wildman–Crippen MR) is 131 cm³/mol. The predicted octanol–water partition coefficient (Wildman–Crippen LogP) is 6.11. The number of rotatable bonds is 7. The van der Waals surface area contributed by atoms with Crippen molar-refractivity contribution in [1.82, 2.24) is 0 Å². The summed E-state index contributed by atoms with van der Waals surface area (Å²) in [6, 6.07) is 24.9. The van der Waals surface area contributed by atoms with Gasteiger partial charge in [-0.25, -0.2) is 0 Å². The molecule has 3 aromatic carbocycles. The maximum Gasteiger partial charge on any atom is 0.255 e. The summed E-state index contributed by atoms with van der Waals surface area (Å²) in [6.07, 6.45) is 0. The molecule has 3 aromatic rings. The van der Waals surface area contributed by atoms with Gasteiger partial charge in [-0.3, -0.25) is 9.59 Å². The minimum atomic E-state index is -0.178. The van der Waals surface area contributed by atoms with Gasteiger partial charge in [0.05, 0.1) is 5.75 Å². The number of carbonyl (C=O) groups is 2.